The zero-order valence-corrected chi connectivity index (χ0v) is 13.1. The number of hydrogen-bond acceptors (Lipinski definition) is 4. The van der Waals surface area contributed by atoms with Crippen molar-refractivity contribution in [3.63, 3.8) is 0 Å². The molecule has 20 heavy (non-hydrogen) atoms. The van der Waals surface area contributed by atoms with Gasteiger partial charge < -0.3 is 10.0 Å². The zero-order chi connectivity index (χ0) is 14.5. The van der Waals surface area contributed by atoms with E-state index in [4.69, 9.17) is 0 Å². The quantitative estimate of drug-likeness (QED) is 0.908. The first kappa shape index (κ1) is 15.4. The lowest BCUT2D eigenvalue weighted by Gasteiger charge is -2.36. The SMILES string of the molecule is CC1CCN(C(=O)CSCc2cccs2)C(C(=O)O)C1. The van der Waals surface area contributed by atoms with Crippen molar-refractivity contribution in [2.75, 3.05) is 12.3 Å². The number of carbonyl (C=O) groups is 2. The molecule has 110 valence electrons. The molecule has 2 unspecified atom stereocenters. The number of piperidine rings is 1. The summed E-state index contributed by atoms with van der Waals surface area (Å²) in [4.78, 5) is 26.3. The number of likely N-dealkylation sites (tertiary alicyclic amines) is 1. The number of carbonyl (C=O) groups excluding carboxylic acids is 1. The van der Waals surface area contributed by atoms with Crippen molar-refractivity contribution in [3.8, 4) is 0 Å². The average Bonchev–Trinajstić information content (AvgIpc) is 2.91. The van der Waals surface area contributed by atoms with Crippen LogP contribution in [0.2, 0.25) is 0 Å². The van der Waals surface area contributed by atoms with Gasteiger partial charge in [0.2, 0.25) is 5.91 Å². The molecular weight excluding hydrogens is 294 g/mol. The molecule has 0 spiro atoms. The fourth-order valence-electron chi connectivity index (χ4n) is 2.39. The molecule has 2 atom stereocenters. The summed E-state index contributed by atoms with van der Waals surface area (Å²) in [6.45, 7) is 2.61. The maximum absolute atomic E-state index is 12.2. The van der Waals surface area contributed by atoms with Crippen LogP contribution in [0, 0.1) is 5.92 Å². The minimum absolute atomic E-state index is 0.0501. The molecule has 0 radical (unpaired) electrons. The molecule has 0 aromatic carbocycles. The average molecular weight is 313 g/mol. The number of thioether (sulfide) groups is 1. The lowest BCUT2D eigenvalue weighted by molar-refractivity contribution is -0.151. The molecule has 1 aromatic heterocycles. The number of nitrogens with zero attached hydrogens (tertiary/aromatic N) is 1. The van der Waals surface area contributed by atoms with Crippen LogP contribution in [0.4, 0.5) is 0 Å². The van der Waals surface area contributed by atoms with Gasteiger partial charge >= 0.3 is 5.97 Å². The van der Waals surface area contributed by atoms with E-state index in [2.05, 4.69) is 0 Å². The van der Waals surface area contributed by atoms with Crippen LogP contribution in [0.15, 0.2) is 17.5 Å². The highest BCUT2D eigenvalue weighted by atomic mass is 32.2. The van der Waals surface area contributed by atoms with Gasteiger partial charge in [0.1, 0.15) is 6.04 Å². The van der Waals surface area contributed by atoms with Gasteiger partial charge in [-0.15, -0.1) is 23.1 Å². The van der Waals surface area contributed by atoms with Crippen molar-refractivity contribution in [1.29, 1.82) is 0 Å². The minimum atomic E-state index is -0.881. The van der Waals surface area contributed by atoms with Crippen molar-refractivity contribution in [3.05, 3.63) is 22.4 Å². The van der Waals surface area contributed by atoms with Crippen molar-refractivity contribution in [2.45, 2.75) is 31.6 Å². The first-order chi connectivity index (χ1) is 9.58. The van der Waals surface area contributed by atoms with Gasteiger partial charge in [-0.1, -0.05) is 13.0 Å². The summed E-state index contributed by atoms with van der Waals surface area (Å²) in [5, 5.41) is 11.3. The van der Waals surface area contributed by atoms with E-state index in [0.29, 0.717) is 24.6 Å². The number of aliphatic carboxylic acids is 1. The van der Waals surface area contributed by atoms with Crippen LogP contribution < -0.4 is 0 Å². The minimum Gasteiger partial charge on any atom is -0.480 e. The first-order valence-electron chi connectivity index (χ1n) is 6.70. The molecule has 2 heterocycles. The predicted octanol–water partition coefficient (Wildman–Crippen LogP) is 2.69. The van der Waals surface area contributed by atoms with Crippen molar-refractivity contribution < 1.29 is 14.7 Å². The smallest absolute Gasteiger partial charge is 0.326 e. The summed E-state index contributed by atoms with van der Waals surface area (Å²) in [7, 11) is 0. The van der Waals surface area contributed by atoms with Gasteiger partial charge in [-0.2, -0.15) is 0 Å². The number of carboxylic acid groups (broad SMARTS) is 1. The van der Waals surface area contributed by atoms with Crippen LogP contribution in [-0.2, 0) is 15.3 Å². The fraction of sp³-hybridized carbons (Fsp3) is 0.571. The lowest BCUT2D eigenvalue weighted by atomic mass is 9.92. The van der Waals surface area contributed by atoms with E-state index in [9.17, 15) is 14.7 Å². The summed E-state index contributed by atoms with van der Waals surface area (Å²) >= 11 is 3.23. The Kier molecular flexibility index (Phi) is 5.48. The maximum Gasteiger partial charge on any atom is 0.326 e. The monoisotopic (exact) mass is 313 g/mol. The third-order valence-corrected chi connectivity index (χ3v) is 5.55. The summed E-state index contributed by atoms with van der Waals surface area (Å²) in [6, 6.07) is 3.40. The van der Waals surface area contributed by atoms with Crippen molar-refractivity contribution >= 4 is 35.0 Å². The van der Waals surface area contributed by atoms with Crippen LogP contribution in [0.25, 0.3) is 0 Å². The van der Waals surface area contributed by atoms with E-state index >= 15 is 0 Å². The number of thiophene rings is 1. The third kappa shape index (κ3) is 3.99. The summed E-state index contributed by atoms with van der Waals surface area (Å²) in [5.41, 5.74) is 0. The molecule has 1 aromatic rings. The Labute approximate surface area is 127 Å². The van der Waals surface area contributed by atoms with Gasteiger partial charge in [0.25, 0.3) is 0 Å². The third-order valence-electron chi connectivity index (χ3n) is 3.52. The second-order valence-corrected chi connectivity index (χ2v) is 7.16. The van der Waals surface area contributed by atoms with Crippen LogP contribution in [0.3, 0.4) is 0 Å². The van der Waals surface area contributed by atoms with E-state index in [1.165, 1.54) is 4.88 Å². The van der Waals surface area contributed by atoms with E-state index < -0.39 is 12.0 Å². The van der Waals surface area contributed by atoms with Gasteiger partial charge in [0, 0.05) is 17.2 Å². The molecule has 4 nitrogen and oxygen atoms in total. The molecule has 1 fully saturated rings. The molecule has 0 aliphatic carbocycles. The molecule has 6 heteroatoms. The van der Waals surface area contributed by atoms with Gasteiger partial charge in [0.05, 0.1) is 5.75 Å². The fourth-order valence-corrected chi connectivity index (χ4v) is 4.14. The Morgan fingerprint density at radius 2 is 2.35 bits per heavy atom. The second kappa shape index (κ2) is 7.13. The highest BCUT2D eigenvalue weighted by Gasteiger charge is 2.34. The van der Waals surface area contributed by atoms with Gasteiger partial charge in [-0.05, 0) is 30.2 Å². The van der Waals surface area contributed by atoms with Crippen molar-refractivity contribution in [1.82, 2.24) is 4.90 Å². The van der Waals surface area contributed by atoms with E-state index in [1.54, 1.807) is 28.0 Å². The van der Waals surface area contributed by atoms with Crippen LogP contribution in [-0.4, -0.2) is 40.2 Å². The Morgan fingerprint density at radius 1 is 1.55 bits per heavy atom. The Bertz CT molecular complexity index is 461. The molecule has 2 rings (SSSR count). The predicted molar refractivity (Wildman–Crippen MR) is 82.0 cm³/mol. The molecular formula is C14H19NO3S2. The van der Waals surface area contributed by atoms with Crippen LogP contribution in [0.5, 0.6) is 0 Å². The Balaban J connectivity index is 1.85. The normalized spacial score (nSPS) is 22.8. The van der Waals surface area contributed by atoms with Gasteiger partial charge in [-0.3, -0.25) is 4.79 Å². The molecule has 0 saturated carbocycles. The lowest BCUT2D eigenvalue weighted by Crippen LogP contribution is -2.50. The van der Waals surface area contributed by atoms with E-state index in [0.717, 1.165) is 12.2 Å². The molecule has 1 amide bonds. The van der Waals surface area contributed by atoms with Gasteiger partial charge in [0.15, 0.2) is 0 Å². The molecule has 1 N–H and O–H groups in total. The number of amides is 1. The topological polar surface area (TPSA) is 57.6 Å². The molecule has 0 bridgehead atoms. The highest BCUT2D eigenvalue weighted by Crippen LogP contribution is 2.24. The number of hydrogen-bond donors (Lipinski definition) is 1. The Morgan fingerprint density at radius 3 is 3.00 bits per heavy atom. The second-order valence-electron chi connectivity index (χ2n) is 5.14. The van der Waals surface area contributed by atoms with Crippen LogP contribution >= 0.6 is 23.1 Å². The first-order valence-corrected chi connectivity index (χ1v) is 8.73. The standard InChI is InChI=1S/C14H19NO3S2/c1-10-4-5-15(12(7-10)14(17)18)13(16)9-19-8-11-3-2-6-20-11/h2-3,6,10,12H,4-5,7-9H2,1H3,(H,17,18). The summed E-state index contributed by atoms with van der Waals surface area (Å²) < 4.78 is 0. The largest absolute Gasteiger partial charge is 0.480 e. The van der Waals surface area contributed by atoms with Crippen LogP contribution in [0.1, 0.15) is 24.6 Å². The zero-order valence-electron chi connectivity index (χ0n) is 11.4. The summed E-state index contributed by atoms with van der Waals surface area (Å²) in [5.74, 6) is 0.611. The van der Waals surface area contributed by atoms with E-state index in [-0.39, 0.29) is 5.91 Å². The molecule has 1 saturated heterocycles. The highest BCUT2D eigenvalue weighted by molar-refractivity contribution is 7.99. The number of carboxylic acids is 1. The molecule has 1 aliphatic rings. The van der Waals surface area contributed by atoms with Crippen molar-refractivity contribution in [2.24, 2.45) is 5.92 Å². The summed E-state index contributed by atoms with van der Waals surface area (Å²) in [6.07, 6.45) is 1.46. The number of rotatable bonds is 5. The van der Waals surface area contributed by atoms with Gasteiger partial charge in [-0.25, -0.2) is 4.79 Å². The Hall–Kier alpha value is -1.01. The maximum atomic E-state index is 12.2. The van der Waals surface area contributed by atoms with E-state index in [1.807, 2.05) is 24.4 Å². The molecule has 1 aliphatic heterocycles.